The molecule has 3 rings (SSSR count). The van der Waals surface area contributed by atoms with Gasteiger partial charge in [-0.05, 0) is 49.4 Å². The number of amides is 2. The van der Waals surface area contributed by atoms with Crippen LogP contribution in [0.15, 0.2) is 59.6 Å². The van der Waals surface area contributed by atoms with Crippen LogP contribution in [-0.2, 0) is 11.3 Å². The second-order valence-corrected chi connectivity index (χ2v) is 9.03. The third-order valence-corrected chi connectivity index (χ3v) is 5.52. The van der Waals surface area contributed by atoms with Gasteiger partial charge in [-0.25, -0.2) is 4.99 Å². The normalized spacial score (nSPS) is 19.8. The summed E-state index contributed by atoms with van der Waals surface area (Å²) < 4.78 is 0. The van der Waals surface area contributed by atoms with Crippen molar-refractivity contribution in [3.63, 3.8) is 0 Å². The average Bonchev–Trinajstić information content (AvgIpc) is 2.70. The Morgan fingerprint density at radius 1 is 1.16 bits per heavy atom. The number of carbonyl (C=O) groups excluding carboxylic acids is 2. The second kappa shape index (κ2) is 9.33. The Labute approximate surface area is 184 Å². The summed E-state index contributed by atoms with van der Waals surface area (Å²) >= 11 is 0. The number of nitrogens with one attached hydrogen (secondary N) is 1. The van der Waals surface area contributed by atoms with Crippen LogP contribution in [-0.4, -0.2) is 28.2 Å². The first-order valence-electron chi connectivity index (χ1n) is 10.8. The lowest BCUT2D eigenvalue weighted by molar-refractivity contribution is -0.130. The molecule has 3 N–H and O–H groups in total. The van der Waals surface area contributed by atoms with Gasteiger partial charge in [0.1, 0.15) is 0 Å². The van der Waals surface area contributed by atoms with Crippen LogP contribution in [0.3, 0.4) is 0 Å². The van der Waals surface area contributed by atoms with Crippen LogP contribution in [0.4, 0.5) is 0 Å². The number of rotatable bonds is 7. The van der Waals surface area contributed by atoms with Crippen molar-refractivity contribution in [2.75, 3.05) is 0 Å². The van der Waals surface area contributed by atoms with Crippen LogP contribution >= 0.6 is 0 Å². The molecule has 0 saturated carbocycles. The van der Waals surface area contributed by atoms with E-state index in [0.29, 0.717) is 24.4 Å². The van der Waals surface area contributed by atoms with E-state index in [1.165, 1.54) is 4.90 Å². The largest absolute Gasteiger partial charge is 0.369 e. The molecular weight excluding hydrogens is 388 g/mol. The van der Waals surface area contributed by atoms with Crippen molar-refractivity contribution in [2.24, 2.45) is 16.6 Å². The molecule has 0 bridgehead atoms. The highest BCUT2D eigenvalue weighted by molar-refractivity contribution is 5.99. The van der Waals surface area contributed by atoms with Crippen molar-refractivity contribution >= 4 is 17.8 Å². The number of hydrogen-bond acceptors (Lipinski definition) is 4. The van der Waals surface area contributed by atoms with E-state index in [9.17, 15) is 9.59 Å². The summed E-state index contributed by atoms with van der Waals surface area (Å²) in [6.45, 7) is 8.45. The van der Waals surface area contributed by atoms with E-state index in [2.05, 4.69) is 24.2 Å². The molecule has 0 fully saturated rings. The van der Waals surface area contributed by atoms with Crippen LogP contribution in [0.5, 0.6) is 0 Å². The average molecular weight is 421 g/mol. The van der Waals surface area contributed by atoms with Crippen LogP contribution in [0.25, 0.3) is 0 Å². The molecule has 164 valence electrons. The Morgan fingerprint density at radius 3 is 2.52 bits per heavy atom. The molecule has 2 unspecified atom stereocenters. The highest BCUT2D eigenvalue weighted by Gasteiger charge is 2.36. The Morgan fingerprint density at radius 2 is 1.87 bits per heavy atom. The maximum Gasteiger partial charge on any atom is 0.251 e. The lowest BCUT2D eigenvalue weighted by Crippen LogP contribution is -2.50. The third-order valence-electron chi connectivity index (χ3n) is 5.52. The van der Waals surface area contributed by atoms with E-state index >= 15 is 0 Å². The number of hydrogen-bond donors (Lipinski definition) is 2. The van der Waals surface area contributed by atoms with Gasteiger partial charge in [0.15, 0.2) is 5.96 Å². The Bertz CT molecular complexity index is 970. The van der Waals surface area contributed by atoms with Gasteiger partial charge in [-0.1, -0.05) is 56.3 Å². The summed E-state index contributed by atoms with van der Waals surface area (Å²) in [6, 6.07) is 17.0. The highest BCUT2D eigenvalue weighted by Crippen LogP contribution is 2.29. The minimum atomic E-state index is -0.457. The van der Waals surface area contributed by atoms with Crippen molar-refractivity contribution in [1.82, 2.24) is 10.2 Å². The number of carbonyl (C=O) groups is 2. The van der Waals surface area contributed by atoms with Gasteiger partial charge in [0.2, 0.25) is 5.91 Å². The van der Waals surface area contributed by atoms with E-state index < -0.39 is 5.54 Å². The summed E-state index contributed by atoms with van der Waals surface area (Å²) in [6.07, 6.45) is 1.14. The van der Waals surface area contributed by atoms with E-state index in [4.69, 9.17) is 5.73 Å². The first kappa shape index (κ1) is 22.5. The van der Waals surface area contributed by atoms with Crippen LogP contribution in [0.2, 0.25) is 0 Å². The topological polar surface area (TPSA) is 87.8 Å². The van der Waals surface area contributed by atoms with Gasteiger partial charge in [-0.15, -0.1) is 0 Å². The van der Waals surface area contributed by atoms with Gasteiger partial charge in [0.05, 0.1) is 24.5 Å². The number of aliphatic imine (C=N–C) groups is 1. The minimum Gasteiger partial charge on any atom is -0.369 e. The number of nitrogens with zero attached hydrogens (tertiary/aromatic N) is 2. The fourth-order valence-corrected chi connectivity index (χ4v) is 4.19. The fraction of sp³-hybridized carbons (Fsp3) is 0.400. The molecule has 2 aromatic carbocycles. The lowest BCUT2D eigenvalue weighted by atomic mass is 9.87. The minimum absolute atomic E-state index is 0.0387. The van der Waals surface area contributed by atoms with Gasteiger partial charge in [-0.3, -0.25) is 14.5 Å². The molecule has 6 heteroatoms. The van der Waals surface area contributed by atoms with Crippen molar-refractivity contribution in [3.05, 3.63) is 71.3 Å². The van der Waals surface area contributed by atoms with E-state index in [-0.39, 0.29) is 23.8 Å². The number of benzene rings is 2. The predicted molar refractivity (Wildman–Crippen MR) is 123 cm³/mol. The molecule has 1 heterocycles. The standard InChI is InChI=1S/C25H32N4O2/c1-17(2)14-25(4)15-22(30)29(24(26)28-25)16-19-9-8-12-21(13-19)23(31)27-18(3)20-10-6-5-7-11-20/h5-13,17-18H,14-16H2,1-4H3,(H2,26,28)(H,27,31). The van der Waals surface area contributed by atoms with Gasteiger partial charge in [-0.2, -0.15) is 0 Å². The van der Waals surface area contributed by atoms with Gasteiger partial charge >= 0.3 is 0 Å². The van der Waals surface area contributed by atoms with Gasteiger partial charge in [0, 0.05) is 5.56 Å². The van der Waals surface area contributed by atoms with E-state index in [1.807, 2.05) is 56.3 Å². The second-order valence-electron chi connectivity index (χ2n) is 9.03. The molecule has 0 aromatic heterocycles. The van der Waals surface area contributed by atoms with Gasteiger partial charge in [0.25, 0.3) is 5.91 Å². The summed E-state index contributed by atoms with van der Waals surface area (Å²) in [5, 5.41) is 3.02. The molecule has 2 atom stereocenters. The van der Waals surface area contributed by atoms with E-state index in [0.717, 1.165) is 17.5 Å². The molecular formula is C25H32N4O2. The predicted octanol–water partition coefficient (Wildman–Crippen LogP) is 4.03. The number of nitrogens with two attached hydrogens (primary N) is 1. The molecule has 0 aliphatic carbocycles. The molecule has 2 aromatic rings. The molecule has 31 heavy (non-hydrogen) atoms. The van der Waals surface area contributed by atoms with Crippen molar-refractivity contribution in [1.29, 1.82) is 0 Å². The molecule has 1 aliphatic rings. The van der Waals surface area contributed by atoms with Crippen LogP contribution in [0.1, 0.15) is 68.1 Å². The quantitative estimate of drug-likeness (QED) is 0.709. The first-order chi connectivity index (χ1) is 14.7. The summed E-state index contributed by atoms with van der Waals surface area (Å²) in [4.78, 5) is 31.7. The lowest BCUT2D eigenvalue weighted by Gasteiger charge is -2.36. The van der Waals surface area contributed by atoms with Crippen molar-refractivity contribution < 1.29 is 9.59 Å². The zero-order valence-electron chi connectivity index (χ0n) is 18.8. The molecule has 0 spiro atoms. The van der Waals surface area contributed by atoms with Crippen LogP contribution < -0.4 is 11.1 Å². The smallest absolute Gasteiger partial charge is 0.251 e. The Balaban J connectivity index is 1.71. The maximum atomic E-state index is 12.8. The third kappa shape index (κ3) is 5.72. The van der Waals surface area contributed by atoms with Crippen molar-refractivity contribution in [2.45, 2.75) is 58.7 Å². The molecule has 0 saturated heterocycles. The monoisotopic (exact) mass is 420 g/mol. The first-order valence-corrected chi connectivity index (χ1v) is 10.8. The molecule has 1 aliphatic heterocycles. The Kier molecular flexibility index (Phi) is 6.78. The van der Waals surface area contributed by atoms with Gasteiger partial charge < -0.3 is 11.1 Å². The van der Waals surface area contributed by atoms with Crippen LogP contribution in [0, 0.1) is 5.92 Å². The number of guanidine groups is 1. The van der Waals surface area contributed by atoms with Crippen molar-refractivity contribution in [3.8, 4) is 0 Å². The fourth-order valence-electron chi connectivity index (χ4n) is 4.19. The molecule has 2 amide bonds. The summed E-state index contributed by atoms with van der Waals surface area (Å²) in [7, 11) is 0. The zero-order valence-corrected chi connectivity index (χ0v) is 18.8. The zero-order chi connectivity index (χ0) is 22.6. The SMILES string of the molecule is CC(C)CC1(C)CC(=O)N(Cc2cccc(C(=O)NC(C)c3ccccc3)c2)C(N)=N1. The Hall–Kier alpha value is -3.15. The molecule has 0 radical (unpaired) electrons. The highest BCUT2D eigenvalue weighted by atomic mass is 16.2. The maximum absolute atomic E-state index is 12.8. The summed E-state index contributed by atoms with van der Waals surface area (Å²) in [5.41, 5.74) is 8.13. The molecule has 6 nitrogen and oxygen atoms in total. The summed E-state index contributed by atoms with van der Waals surface area (Å²) in [5.74, 6) is 0.471. The van der Waals surface area contributed by atoms with E-state index in [1.54, 1.807) is 12.1 Å².